The van der Waals surface area contributed by atoms with E-state index in [4.69, 9.17) is 9.84 Å². The smallest absolute Gasteiger partial charge is 0.228 e. The van der Waals surface area contributed by atoms with Crippen LogP contribution < -0.4 is 5.32 Å². The number of ether oxygens (including phenoxy) is 1. The Labute approximate surface area is 104 Å². The minimum absolute atomic E-state index is 0.00553. The van der Waals surface area contributed by atoms with Crippen molar-refractivity contribution in [3.63, 3.8) is 0 Å². The molecule has 0 saturated heterocycles. The van der Waals surface area contributed by atoms with Crippen molar-refractivity contribution in [2.24, 2.45) is 4.99 Å². The van der Waals surface area contributed by atoms with Gasteiger partial charge >= 0.3 is 0 Å². The van der Waals surface area contributed by atoms with Gasteiger partial charge in [-0.15, -0.1) is 0 Å². The molecule has 0 spiro atoms. The van der Waals surface area contributed by atoms with E-state index < -0.39 is 6.10 Å². The molecule has 1 aliphatic rings. The molecule has 0 aliphatic carbocycles. The second-order valence-electron chi connectivity index (χ2n) is 3.80. The van der Waals surface area contributed by atoms with Crippen LogP contribution in [0.15, 0.2) is 4.99 Å². The fourth-order valence-electron chi connectivity index (χ4n) is 1.30. The van der Waals surface area contributed by atoms with Crippen LogP contribution in [0.25, 0.3) is 0 Å². The molecule has 1 aliphatic heterocycles. The maximum Gasteiger partial charge on any atom is 0.228 e. The molecule has 1 rings (SSSR count). The molecule has 1 amide bonds. The average molecular weight is 262 g/mol. The lowest BCUT2D eigenvalue weighted by Gasteiger charge is -2.18. The van der Waals surface area contributed by atoms with Gasteiger partial charge in [0.25, 0.3) is 0 Å². The van der Waals surface area contributed by atoms with Crippen LogP contribution in [0.2, 0.25) is 0 Å². The number of nitrogens with one attached hydrogen (secondary N) is 1. The third-order valence-corrected chi connectivity index (χ3v) is 3.06. The first-order chi connectivity index (χ1) is 8.11. The lowest BCUT2D eigenvalue weighted by molar-refractivity contribution is -0.120. The molecule has 0 saturated carbocycles. The first kappa shape index (κ1) is 14.4. The van der Waals surface area contributed by atoms with Gasteiger partial charge < -0.3 is 20.3 Å². The van der Waals surface area contributed by atoms with Crippen LogP contribution in [-0.4, -0.2) is 59.0 Å². The van der Waals surface area contributed by atoms with Crippen LogP contribution in [0.4, 0.5) is 0 Å². The highest BCUT2D eigenvalue weighted by molar-refractivity contribution is 8.13. The van der Waals surface area contributed by atoms with Gasteiger partial charge in [0, 0.05) is 12.2 Å². The van der Waals surface area contributed by atoms with Crippen LogP contribution in [0.5, 0.6) is 0 Å². The molecule has 3 N–H and O–H groups in total. The molecule has 17 heavy (non-hydrogen) atoms. The molecule has 0 aromatic heterocycles. The van der Waals surface area contributed by atoms with E-state index >= 15 is 0 Å². The molecule has 2 atom stereocenters. The summed E-state index contributed by atoms with van der Waals surface area (Å²) in [4.78, 5) is 15.5. The SMILES string of the molecule is C[C@@H]1CC(=O)NC(SC[C@@H](O)COCCO)=N1. The summed E-state index contributed by atoms with van der Waals surface area (Å²) in [6, 6.07) is -0.00553. The number of aliphatic imine (C=N–C) groups is 1. The van der Waals surface area contributed by atoms with Gasteiger partial charge in [0.15, 0.2) is 5.17 Å². The van der Waals surface area contributed by atoms with Crippen molar-refractivity contribution in [3.05, 3.63) is 0 Å². The third kappa shape index (κ3) is 6.02. The molecule has 1 heterocycles. The molecule has 0 bridgehead atoms. The van der Waals surface area contributed by atoms with Crippen molar-refractivity contribution in [1.29, 1.82) is 0 Å². The molecule has 7 heteroatoms. The fraction of sp³-hybridized carbons (Fsp3) is 0.800. The summed E-state index contributed by atoms with van der Waals surface area (Å²) >= 11 is 1.30. The zero-order valence-electron chi connectivity index (χ0n) is 9.76. The number of carbonyl (C=O) groups excluding carboxylic acids is 1. The van der Waals surface area contributed by atoms with Crippen LogP contribution in [0, 0.1) is 0 Å². The Morgan fingerprint density at radius 1 is 1.71 bits per heavy atom. The van der Waals surface area contributed by atoms with E-state index in [2.05, 4.69) is 10.3 Å². The normalized spacial score (nSPS) is 21.9. The second kappa shape index (κ2) is 7.65. The summed E-state index contributed by atoms with van der Waals surface area (Å²) in [5.41, 5.74) is 0. The summed E-state index contributed by atoms with van der Waals surface area (Å²) in [6.07, 6.45) is -0.227. The van der Waals surface area contributed by atoms with Crippen molar-refractivity contribution in [3.8, 4) is 0 Å². The average Bonchev–Trinajstić information content (AvgIpc) is 2.25. The Bertz CT molecular complexity index is 285. The minimum atomic E-state index is -0.636. The quantitative estimate of drug-likeness (QED) is 0.554. The lowest BCUT2D eigenvalue weighted by Crippen LogP contribution is -2.36. The fourth-order valence-corrected chi connectivity index (χ4v) is 2.18. The molecular weight excluding hydrogens is 244 g/mol. The van der Waals surface area contributed by atoms with Gasteiger partial charge in [-0.1, -0.05) is 11.8 Å². The van der Waals surface area contributed by atoms with Gasteiger partial charge in [-0.3, -0.25) is 9.79 Å². The van der Waals surface area contributed by atoms with Gasteiger partial charge in [-0.05, 0) is 6.92 Å². The molecule has 0 aromatic carbocycles. The topological polar surface area (TPSA) is 91.2 Å². The van der Waals surface area contributed by atoms with Crippen molar-refractivity contribution in [2.45, 2.75) is 25.5 Å². The predicted molar refractivity (Wildman–Crippen MR) is 66.0 cm³/mol. The predicted octanol–water partition coefficient (Wildman–Crippen LogP) is -0.646. The van der Waals surface area contributed by atoms with Crippen LogP contribution in [0.3, 0.4) is 0 Å². The Morgan fingerprint density at radius 2 is 2.47 bits per heavy atom. The second-order valence-corrected chi connectivity index (χ2v) is 4.81. The molecule has 98 valence electrons. The summed E-state index contributed by atoms with van der Waals surface area (Å²) in [6.45, 7) is 2.21. The largest absolute Gasteiger partial charge is 0.394 e. The zero-order chi connectivity index (χ0) is 12.7. The maximum absolute atomic E-state index is 11.2. The Hall–Kier alpha value is -0.630. The number of hydrogen-bond donors (Lipinski definition) is 3. The van der Waals surface area contributed by atoms with E-state index in [-0.39, 0.29) is 31.8 Å². The summed E-state index contributed by atoms with van der Waals surface area (Å²) in [7, 11) is 0. The van der Waals surface area contributed by atoms with E-state index in [9.17, 15) is 9.90 Å². The Kier molecular flexibility index (Phi) is 6.49. The Morgan fingerprint density at radius 3 is 3.12 bits per heavy atom. The zero-order valence-corrected chi connectivity index (χ0v) is 10.6. The molecule has 0 aromatic rings. The highest BCUT2D eigenvalue weighted by atomic mass is 32.2. The highest BCUT2D eigenvalue weighted by Gasteiger charge is 2.18. The van der Waals surface area contributed by atoms with Crippen LogP contribution in [0.1, 0.15) is 13.3 Å². The summed E-state index contributed by atoms with van der Waals surface area (Å²) < 4.78 is 4.99. The Balaban J connectivity index is 2.23. The summed E-state index contributed by atoms with van der Waals surface area (Å²) in [5, 5.41) is 21.2. The highest BCUT2D eigenvalue weighted by Crippen LogP contribution is 2.12. The van der Waals surface area contributed by atoms with E-state index in [1.807, 2.05) is 6.92 Å². The number of hydrogen-bond acceptors (Lipinski definition) is 6. The molecule has 6 nitrogen and oxygen atoms in total. The number of nitrogens with zero attached hydrogens (tertiary/aromatic N) is 1. The van der Waals surface area contributed by atoms with Gasteiger partial charge in [0.05, 0.1) is 32.0 Å². The monoisotopic (exact) mass is 262 g/mol. The van der Waals surface area contributed by atoms with Gasteiger partial charge in [0.2, 0.25) is 5.91 Å². The number of amides is 1. The standard InChI is InChI=1S/C10H18N2O4S/c1-7-4-9(15)12-10(11-7)17-6-8(14)5-16-3-2-13/h7-8,13-14H,2-6H2,1H3,(H,11,12,15)/t7-,8+/m1/s1. The van der Waals surface area contributed by atoms with Crippen molar-refractivity contribution >= 4 is 22.8 Å². The lowest BCUT2D eigenvalue weighted by atomic mass is 10.2. The van der Waals surface area contributed by atoms with Gasteiger partial charge in [-0.2, -0.15) is 0 Å². The van der Waals surface area contributed by atoms with E-state index in [0.717, 1.165) is 0 Å². The molecular formula is C10H18N2O4S. The maximum atomic E-state index is 11.2. The number of carbonyl (C=O) groups is 1. The first-order valence-electron chi connectivity index (χ1n) is 5.49. The van der Waals surface area contributed by atoms with E-state index in [1.54, 1.807) is 0 Å². The van der Waals surface area contributed by atoms with Gasteiger partial charge in [0.1, 0.15) is 0 Å². The molecule has 0 unspecified atom stereocenters. The van der Waals surface area contributed by atoms with E-state index in [1.165, 1.54) is 11.8 Å². The number of amidine groups is 1. The van der Waals surface area contributed by atoms with Crippen LogP contribution >= 0.6 is 11.8 Å². The van der Waals surface area contributed by atoms with Crippen molar-refractivity contribution in [1.82, 2.24) is 5.32 Å². The van der Waals surface area contributed by atoms with E-state index in [0.29, 0.717) is 17.3 Å². The third-order valence-electron chi connectivity index (χ3n) is 2.02. The van der Waals surface area contributed by atoms with Crippen molar-refractivity contribution in [2.75, 3.05) is 25.6 Å². The molecule has 0 fully saturated rings. The van der Waals surface area contributed by atoms with Gasteiger partial charge in [-0.25, -0.2) is 0 Å². The number of thioether (sulfide) groups is 1. The number of aliphatic hydroxyl groups is 2. The number of rotatable bonds is 6. The van der Waals surface area contributed by atoms with Crippen molar-refractivity contribution < 1.29 is 19.7 Å². The van der Waals surface area contributed by atoms with Crippen LogP contribution in [-0.2, 0) is 9.53 Å². The number of aliphatic hydroxyl groups excluding tert-OH is 2. The molecule has 0 radical (unpaired) electrons. The first-order valence-corrected chi connectivity index (χ1v) is 6.47. The minimum Gasteiger partial charge on any atom is -0.394 e. The summed E-state index contributed by atoms with van der Waals surface area (Å²) in [5.74, 6) is 0.359.